The lowest BCUT2D eigenvalue weighted by atomic mass is 10.0. The summed E-state index contributed by atoms with van der Waals surface area (Å²) in [5, 5.41) is 2.87. The normalized spacial score (nSPS) is 18.8. The molecule has 2 aromatic rings. The van der Waals surface area contributed by atoms with Crippen molar-refractivity contribution in [2.45, 2.75) is 25.2 Å². The molecule has 136 valence electrons. The van der Waals surface area contributed by atoms with E-state index in [1.165, 1.54) is 0 Å². The number of hydrogen-bond acceptors (Lipinski definition) is 6. The monoisotopic (exact) mass is 354 g/mol. The van der Waals surface area contributed by atoms with Crippen molar-refractivity contribution in [1.29, 1.82) is 0 Å². The summed E-state index contributed by atoms with van der Waals surface area (Å²) >= 11 is 0. The Morgan fingerprint density at radius 3 is 2.50 bits per heavy atom. The molecule has 7 heteroatoms. The minimum absolute atomic E-state index is 0.182. The van der Waals surface area contributed by atoms with Crippen LogP contribution in [0.2, 0.25) is 0 Å². The fourth-order valence-corrected chi connectivity index (χ4v) is 3.37. The first-order valence-corrected chi connectivity index (χ1v) is 8.90. The lowest BCUT2D eigenvalue weighted by Crippen LogP contribution is -2.45. The van der Waals surface area contributed by atoms with Gasteiger partial charge in [0.25, 0.3) is 5.91 Å². The van der Waals surface area contributed by atoms with Crippen molar-refractivity contribution in [3.05, 3.63) is 54.1 Å². The third kappa shape index (κ3) is 3.68. The summed E-state index contributed by atoms with van der Waals surface area (Å²) in [6.45, 7) is 3.54. The molecule has 1 spiro atoms. The van der Waals surface area contributed by atoms with Crippen LogP contribution >= 0.6 is 0 Å². The molecule has 4 rings (SSSR count). The zero-order valence-corrected chi connectivity index (χ0v) is 14.6. The number of piperidine rings is 1. The van der Waals surface area contributed by atoms with Crippen LogP contribution < -0.4 is 10.2 Å². The second-order valence-corrected chi connectivity index (χ2v) is 6.53. The summed E-state index contributed by atoms with van der Waals surface area (Å²) in [5.74, 6) is -0.560. The third-order valence-electron chi connectivity index (χ3n) is 4.89. The van der Waals surface area contributed by atoms with Gasteiger partial charge in [0.15, 0.2) is 5.79 Å². The van der Waals surface area contributed by atoms with Gasteiger partial charge in [0.1, 0.15) is 5.69 Å². The van der Waals surface area contributed by atoms with Gasteiger partial charge in [-0.25, -0.2) is 4.98 Å². The number of aromatic nitrogens is 2. The van der Waals surface area contributed by atoms with Gasteiger partial charge in [0.2, 0.25) is 0 Å². The van der Waals surface area contributed by atoms with Crippen LogP contribution in [0.1, 0.15) is 28.9 Å². The van der Waals surface area contributed by atoms with Gasteiger partial charge in [-0.3, -0.25) is 9.78 Å². The van der Waals surface area contributed by atoms with Gasteiger partial charge in [-0.05, 0) is 29.8 Å². The van der Waals surface area contributed by atoms with Crippen LogP contribution in [0.4, 0.5) is 5.69 Å². The van der Waals surface area contributed by atoms with Crippen LogP contribution in [0.5, 0.6) is 0 Å². The molecule has 0 aromatic carbocycles. The van der Waals surface area contributed by atoms with Crippen LogP contribution in [0, 0.1) is 0 Å². The van der Waals surface area contributed by atoms with Gasteiger partial charge in [0.05, 0.1) is 25.1 Å². The lowest BCUT2D eigenvalue weighted by Gasteiger charge is -2.38. The number of carbonyl (C=O) groups is 1. The Hall–Kier alpha value is -2.51. The van der Waals surface area contributed by atoms with E-state index < -0.39 is 0 Å². The molecule has 0 unspecified atom stereocenters. The molecule has 1 amide bonds. The van der Waals surface area contributed by atoms with Crippen LogP contribution in [0.3, 0.4) is 0 Å². The molecule has 2 saturated heterocycles. The van der Waals surface area contributed by atoms with Crippen molar-refractivity contribution >= 4 is 11.6 Å². The molecule has 0 saturated carbocycles. The summed E-state index contributed by atoms with van der Waals surface area (Å²) in [6, 6.07) is 7.46. The number of carbonyl (C=O) groups excluding carboxylic acids is 1. The molecule has 2 aliphatic rings. The summed E-state index contributed by atoms with van der Waals surface area (Å²) in [5.41, 5.74) is 2.44. The SMILES string of the molecule is O=C(NCc1ccncc1)c1ccc(N2CCC3(CC2)OCCO3)cn1. The van der Waals surface area contributed by atoms with Gasteiger partial charge in [-0.15, -0.1) is 0 Å². The number of hydrogen-bond donors (Lipinski definition) is 1. The number of pyridine rings is 2. The average molecular weight is 354 g/mol. The van der Waals surface area contributed by atoms with Crippen molar-refractivity contribution in [3.8, 4) is 0 Å². The van der Waals surface area contributed by atoms with Gasteiger partial charge in [-0.2, -0.15) is 0 Å². The number of nitrogens with one attached hydrogen (secondary N) is 1. The number of nitrogens with zero attached hydrogens (tertiary/aromatic N) is 3. The summed E-state index contributed by atoms with van der Waals surface area (Å²) < 4.78 is 11.5. The van der Waals surface area contributed by atoms with E-state index in [1.54, 1.807) is 24.7 Å². The summed E-state index contributed by atoms with van der Waals surface area (Å²) in [7, 11) is 0. The first-order chi connectivity index (χ1) is 12.7. The highest BCUT2D eigenvalue weighted by Gasteiger charge is 2.39. The molecule has 0 aliphatic carbocycles. The molecule has 2 aliphatic heterocycles. The van der Waals surface area contributed by atoms with E-state index in [2.05, 4.69) is 20.2 Å². The molecule has 7 nitrogen and oxygen atoms in total. The molecule has 2 fully saturated rings. The second kappa shape index (κ2) is 7.39. The van der Waals surface area contributed by atoms with Crippen molar-refractivity contribution in [3.63, 3.8) is 0 Å². The molecule has 0 radical (unpaired) electrons. The number of anilines is 1. The molecule has 1 N–H and O–H groups in total. The Balaban J connectivity index is 1.32. The topological polar surface area (TPSA) is 76.6 Å². The molecule has 4 heterocycles. The van der Waals surface area contributed by atoms with Crippen molar-refractivity contribution in [1.82, 2.24) is 15.3 Å². The number of rotatable bonds is 4. The largest absolute Gasteiger partial charge is 0.370 e. The standard InChI is InChI=1S/C19H22N4O3/c24-18(22-13-15-3-7-20-8-4-15)17-2-1-16(14-21-17)23-9-5-19(6-10-23)25-11-12-26-19/h1-4,7-8,14H,5-6,9-13H2,(H,22,24). The van der Waals surface area contributed by atoms with E-state index in [-0.39, 0.29) is 11.7 Å². The minimum atomic E-state index is -0.378. The lowest BCUT2D eigenvalue weighted by molar-refractivity contribution is -0.169. The predicted octanol–water partition coefficient (Wildman–Crippen LogP) is 1.75. The highest BCUT2D eigenvalue weighted by atomic mass is 16.7. The smallest absolute Gasteiger partial charge is 0.270 e. The quantitative estimate of drug-likeness (QED) is 0.901. The maximum Gasteiger partial charge on any atom is 0.270 e. The second-order valence-electron chi connectivity index (χ2n) is 6.53. The average Bonchev–Trinajstić information content (AvgIpc) is 3.16. The minimum Gasteiger partial charge on any atom is -0.370 e. The van der Waals surface area contributed by atoms with E-state index >= 15 is 0 Å². The Bertz CT molecular complexity index is 735. The highest BCUT2D eigenvalue weighted by molar-refractivity contribution is 5.92. The van der Waals surface area contributed by atoms with Crippen molar-refractivity contribution < 1.29 is 14.3 Å². The number of amides is 1. The Morgan fingerprint density at radius 1 is 1.12 bits per heavy atom. The van der Waals surface area contributed by atoms with Crippen LogP contribution in [0.15, 0.2) is 42.9 Å². The fraction of sp³-hybridized carbons (Fsp3) is 0.421. The maximum atomic E-state index is 12.2. The number of ether oxygens (including phenoxy) is 2. The van der Waals surface area contributed by atoms with E-state index in [0.717, 1.165) is 37.2 Å². The zero-order valence-electron chi connectivity index (χ0n) is 14.6. The Labute approximate surface area is 152 Å². The zero-order chi connectivity index (χ0) is 17.8. The molecular weight excluding hydrogens is 332 g/mol. The summed E-state index contributed by atoms with van der Waals surface area (Å²) in [4.78, 5) is 22.8. The van der Waals surface area contributed by atoms with E-state index in [4.69, 9.17) is 9.47 Å². The van der Waals surface area contributed by atoms with E-state index in [1.807, 2.05) is 18.2 Å². The maximum absolute atomic E-state index is 12.2. The summed E-state index contributed by atoms with van der Waals surface area (Å²) in [6.07, 6.45) is 6.87. The molecular formula is C19H22N4O3. The first kappa shape index (κ1) is 16.9. The molecule has 0 bridgehead atoms. The van der Waals surface area contributed by atoms with Gasteiger partial charge in [-0.1, -0.05) is 0 Å². The van der Waals surface area contributed by atoms with Crippen LogP contribution in [-0.4, -0.2) is 48.0 Å². The van der Waals surface area contributed by atoms with Crippen LogP contribution in [-0.2, 0) is 16.0 Å². The highest BCUT2D eigenvalue weighted by Crippen LogP contribution is 2.32. The van der Waals surface area contributed by atoms with Crippen LogP contribution in [0.25, 0.3) is 0 Å². The van der Waals surface area contributed by atoms with E-state index in [0.29, 0.717) is 25.5 Å². The van der Waals surface area contributed by atoms with E-state index in [9.17, 15) is 4.79 Å². The Morgan fingerprint density at radius 2 is 1.85 bits per heavy atom. The van der Waals surface area contributed by atoms with Gasteiger partial charge < -0.3 is 19.7 Å². The molecule has 26 heavy (non-hydrogen) atoms. The van der Waals surface area contributed by atoms with Gasteiger partial charge in [0, 0.05) is 44.9 Å². The van der Waals surface area contributed by atoms with Crippen molar-refractivity contribution in [2.24, 2.45) is 0 Å². The first-order valence-electron chi connectivity index (χ1n) is 8.90. The van der Waals surface area contributed by atoms with Gasteiger partial charge >= 0.3 is 0 Å². The predicted molar refractivity (Wildman–Crippen MR) is 95.7 cm³/mol. The fourth-order valence-electron chi connectivity index (χ4n) is 3.37. The molecule has 0 atom stereocenters. The van der Waals surface area contributed by atoms with Crippen molar-refractivity contribution in [2.75, 3.05) is 31.2 Å². The third-order valence-corrected chi connectivity index (χ3v) is 4.89. The molecule has 2 aromatic heterocycles. The Kier molecular flexibility index (Phi) is 4.81.